The van der Waals surface area contributed by atoms with Crippen LogP contribution in [0.1, 0.15) is 28.9 Å². The number of hydrogen-bond acceptors (Lipinski definition) is 6. The number of rotatable bonds is 5. The van der Waals surface area contributed by atoms with E-state index in [1.54, 1.807) is 5.32 Å². The molecule has 0 spiro atoms. The van der Waals surface area contributed by atoms with Gasteiger partial charge in [0.25, 0.3) is 0 Å². The third-order valence-electron chi connectivity index (χ3n) is 2.41. The number of halogens is 4. The molecule has 24 heavy (non-hydrogen) atoms. The summed E-state index contributed by atoms with van der Waals surface area (Å²) in [6, 6.07) is -4.09. The Morgan fingerprint density at radius 1 is 1.21 bits per heavy atom. The molecule has 1 atom stereocenters. The smallest absolute Gasteiger partial charge is 0.352 e. The molecule has 10 heteroatoms. The van der Waals surface area contributed by atoms with Crippen molar-refractivity contribution in [1.29, 1.82) is 0 Å². The molecule has 0 aromatic carbocycles. The van der Waals surface area contributed by atoms with E-state index in [0.29, 0.717) is 0 Å². The Balaban J connectivity index is 2.64. The number of anilines is 2. The first-order valence-corrected chi connectivity index (χ1v) is 6.87. The van der Waals surface area contributed by atoms with Crippen molar-refractivity contribution in [3.8, 4) is 11.5 Å². The summed E-state index contributed by atoms with van der Waals surface area (Å²) < 4.78 is 84.7. The molecule has 0 saturated carbocycles. The molecule has 2 aromatic rings. The molecule has 0 saturated heterocycles. The third-order valence-corrected chi connectivity index (χ3v) is 2.60. The van der Waals surface area contributed by atoms with Crippen molar-refractivity contribution in [2.24, 2.45) is 0 Å². The molecule has 0 unspecified atom stereocenters. The van der Waals surface area contributed by atoms with Crippen molar-refractivity contribution in [3.05, 3.63) is 23.3 Å². The van der Waals surface area contributed by atoms with Crippen molar-refractivity contribution in [2.75, 3.05) is 10.6 Å². The lowest BCUT2D eigenvalue weighted by Gasteiger charge is -2.18. The average Bonchev–Trinajstić information content (AvgIpc) is 2.52. The molecular weight excluding hydrogens is 345 g/mol. The summed E-state index contributed by atoms with van der Waals surface area (Å²) in [6.45, 7) is -0.670. The van der Waals surface area contributed by atoms with Gasteiger partial charge < -0.3 is 10.6 Å². The molecule has 130 valence electrons. The van der Waals surface area contributed by atoms with E-state index >= 15 is 0 Å². The minimum atomic E-state index is -5.16. The van der Waals surface area contributed by atoms with E-state index in [9.17, 15) is 13.2 Å². The van der Waals surface area contributed by atoms with Gasteiger partial charge in [0.2, 0.25) is 11.9 Å². The number of nitrogens with zero attached hydrogens (tertiary/aromatic N) is 4. The van der Waals surface area contributed by atoms with Gasteiger partial charge in [-0.1, -0.05) is 17.6 Å². The molecule has 0 aliphatic carbocycles. The summed E-state index contributed by atoms with van der Waals surface area (Å²) >= 11 is 5.79. The summed E-state index contributed by atoms with van der Waals surface area (Å²) in [5, 5.41) is 4.04. The Hall–Kier alpha value is -2.16. The molecule has 0 aliphatic rings. The van der Waals surface area contributed by atoms with Gasteiger partial charge in [-0.25, -0.2) is 4.98 Å². The van der Waals surface area contributed by atoms with E-state index in [2.05, 4.69) is 25.3 Å². The van der Waals surface area contributed by atoms with Gasteiger partial charge in [0.05, 0.1) is 4.11 Å². The monoisotopic (exact) mass is 366 g/mol. The predicted molar refractivity (Wildman–Crippen MR) is 86.0 cm³/mol. The highest BCUT2D eigenvalue weighted by atomic mass is 35.5. The Kier molecular flexibility index (Phi) is 3.40. The zero-order chi connectivity index (χ0) is 23.1. The lowest BCUT2D eigenvalue weighted by molar-refractivity contribution is -0.138. The molecule has 6 nitrogen and oxygen atoms in total. The van der Waals surface area contributed by atoms with E-state index in [-0.39, 0.29) is 22.8 Å². The molecule has 0 aliphatic heterocycles. The molecule has 2 heterocycles. The van der Waals surface area contributed by atoms with E-state index in [1.807, 2.05) is 0 Å². The van der Waals surface area contributed by atoms with Crippen LogP contribution in [0.2, 0.25) is 5.15 Å². The Morgan fingerprint density at radius 3 is 2.46 bits per heavy atom. The third kappa shape index (κ3) is 4.92. The van der Waals surface area contributed by atoms with Crippen LogP contribution in [0.4, 0.5) is 25.1 Å². The van der Waals surface area contributed by atoms with E-state index in [4.69, 9.17) is 19.8 Å². The number of hydrogen-bond donors (Lipinski definition) is 2. The lowest BCUT2D eigenvalue weighted by Crippen LogP contribution is -2.34. The van der Waals surface area contributed by atoms with Gasteiger partial charge in [-0.3, -0.25) is 0 Å². The van der Waals surface area contributed by atoms with Gasteiger partial charge in [-0.15, -0.1) is 0 Å². The molecule has 0 radical (unpaired) electrons. The fraction of sp³-hybridized carbons (Fsp3) is 0.429. The zero-order valence-electron chi connectivity index (χ0n) is 18.5. The molecule has 0 bridgehead atoms. The number of alkyl halides is 3. The summed E-state index contributed by atoms with van der Waals surface area (Å²) in [5.41, 5.74) is -0.332. The van der Waals surface area contributed by atoms with Gasteiger partial charge in [0, 0.05) is 10.1 Å². The molecule has 2 aromatic heterocycles. The SMILES string of the molecule is [2H]c1cc(Cl)nc(-c2nc(N[C@H](C([2H])([2H])[2H])C(F)(F)F)nc(NC([2H])(C)C)n2)c1[2H]. The molecule has 0 fully saturated rings. The maximum absolute atomic E-state index is 13.2. The number of aromatic nitrogens is 4. The van der Waals surface area contributed by atoms with Gasteiger partial charge in [-0.05, 0) is 32.8 Å². The van der Waals surface area contributed by atoms with E-state index < -0.39 is 42.9 Å². The highest BCUT2D eigenvalue weighted by Crippen LogP contribution is 2.24. The summed E-state index contributed by atoms with van der Waals surface area (Å²) in [5.74, 6) is -1.59. The number of nitrogens with one attached hydrogen (secondary N) is 2. The fourth-order valence-corrected chi connectivity index (χ4v) is 1.61. The first-order valence-electron chi connectivity index (χ1n) is 9.49. The van der Waals surface area contributed by atoms with Crippen LogP contribution in [0, 0.1) is 0 Å². The van der Waals surface area contributed by atoms with E-state index in [1.165, 1.54) is 13.8 Å². The molecular formula is C14H16ClF3N6. The highest BCUT2D eigenvalue weighted by Gasteiger charge is 2.36. The van der Waals surface area contributed by atoms with Crippen LogP contribution < -0.4 is 10.6 Å². The summed E-state index contributed by atoms with van der Waals surface area (Å²) in [6.07, 6.45) is -5.16. The van der Waals surface area contributed by atoms with Gasteiger partial charge >= 0.3 is 6.18 Å². The molecule has 2 rings (SSSR count). The van der Waals surface area contributed by atoms with E-state index in [0.717, 1.165) is 6.07 Å². The van der Waals surface area contributed by atoms with Crippen molar-refractivity contribution in [2.45, 2.75) is 38.9 Å². The average molecular weight is 367 g/mol. The second kappa shape index (κ2) is 7.16. The van der Waals surface area contributed by atoms with Crippen molar-refractivity contribution in [1.82, 2.24) is 19.9 Å². The zero-order valence-corrected chi connectivity index (χ0v) is 13.2. The van der Waals surface area contributed by atoms with Gasteiger partial charge in [-0.2, -0.15) is 28.1 Å². The standard InChI is InChI=1S/C14H16ClF3N6/c1-7(2)19-12-22-11(9-5-4-6-10(15)21-9)23-13(24-12)20-8(3)14(16,17)18/h4-8H,1-3H3,(H2,19,20,22,23,24)/t8-/m1/s1/i3D3,4D,5D,7D. The van der Waals surface area contributed by atoms with Crippen molar-refractivity contribution >= 4 is 23.5 Å². The lowest BCUT2D eigenvalue weighted by atomic mass is 10.3. The van der Waals surface area contributed by atoms with Gasteiger partial charge in [0.15, 0.2) is 5.82 Å². The fourth-order valence-electron chi connectivity index (χ4n) is 1.47. The van der Waals surface area contributed by atoms with Crippen LogP contribution in [0.5, 0.6) is 0 Å². The van der Waals surface area contributed by atoms with Crippen LogP contribution in [0.25, 0.3) is 11.5 Å². The van der Waals surface area contributed by atoms with Crippen LogP contribution in [-0.4, -0.2) is 38.2 Å². The van der Waals surface area contributed by atoms with Crippen LogP contribution in [0.15, 0.2) is 18.2 Å². The first-order chi connectivity index (χ1) is 13.5. The topological polar surface area (TPSA) is 75.6 Å². The summed E-state index contributed by atoms with van der Waals surface area (Å²) in [4.78, 5) is 15.2. The maximum atomic E-state index is 13.2. The highest BCUT2D eigenvalue weighted by molar-refractivity contribution is 6.29. The quantitative estimate of drug-likeness (QED) is 0.784. The second-order valence-electron chi connectivity index (χ2n) is 4.75. The van der Waals surface area contributed by atoms with Crippen molar-refractivity contribution < 1.29 is 21.4 Å². The Labute approximate surface area is 150 Å². The van der Waals surface area contributed by atoms with Gasteiger partial charge in [0.1, 0.15) is 16.9 Å². The van der Waals surface area contributed by atoms with Crippen LogP contribution in [0.3, 0.4) is 0 Å². The predicted octanol–water partition coefficient (Wildman–Crippen LogP) is 3.77. The Morgan fingerprint density at radius 2 is 1.88 bits per heavy atom. The molecule has 0 amide bonds. The number of pyridine rings is 1. The normalized spacial score (nSPS) is 17.6. The Bertz CT molecular complexity index is 920. The van der Waals surface area contributed by atoms with Crippen LogP contribution in [-0.2, 0) is 0 Å². The molecule has 2 N–H and O–H groups in total. The van der Waals surface area contributed by atoms with Crippen molar-refractivity contribution in [3.63, 3.8) is 0 Å². The first kappa shape index (κ1) is 11.4. The largest absolute Gasteiger partial charge is 0.408 e. The summed E-state index contributed by atoms with van der Waals surface area (Å²) in [7, 11) is 0. The minimum Gasteiger partial charge on any atom is -0.352 e. The second-order valence-corrected chi connectivity index (χ2v) is 5.13. The van der Waals surface area contributed by atoms with Crippen LogP contribution >= 0.6 is 11.6 Å². The maximum Gasteiger partial charge on any atom is 0.408 e. The minimum absolute atomic E-state index is 0.188.